The molecular formula is C15H21NO4S. The molecule has 1 aromatic rings. The molecule has 0 aromatic heterocycles. The van der Waals surface area contributed by atoms with Crippen LogP contribution in [0.2, 0.25) is 0 Å². The summed E-state index contributed by atoms with van der Waals surface area (Å²) in [5.41, 5.74) is 0.250. The summed E-state index contributed by atoms with van der Waals surface area (Å²) >= 11 is 0. The van der Waals surface area contributed by atoms with Crippen molar-refractivity contribution in [1.82, 2.24) is 4.90 Å². The Hall–Kier alpha value is -1.40. The highest BCUT2D eigenvalue weighted by Crippen LogP contribution is 2.22. The highest BCUT2D eigenvalue weighted by Gasteiger charge is 2.29. The van der Waals surface area contributed by atoms with E-state index in [9.17, 15) is 13.2 Å². The van der Waals surface area contributed by atoms with E-state index in [2.05, 4.69) is 0 Å². The average molecular weight is 311 g/mol. The van der Waals surface area contributed by atoms with E-state index in [-0.39, 0.29) is 22.5 Å². The molecule has 0 bridgehead atoms. The Kier molecular flexibility index (Phi) is 4.68. The fourth-order valence-corrected chi connectivity index (χ4v) is 3.56. The molecule has 1 aliphatic heterocycles. The van der Waals surface area contributed by atoms with Crippen molar-refractivity contribution >= 4 is 15.7 Å². The molecule has 1 heterocycles. The number of carbonyl (C=O) groups is 1. The van der Waals surface area contributed by atoms with Crippen LogP contribution < -0.4 is 0 Å². The van der Waals surface area contributed by atoms with Crippen molar-refractivity contribution in [2.75, 3.05) is 19.7 Å². The third kappa shape index (κ3) is 3.27. The van der Waals surface area contributed by atoms with Gasteiger partial charge in [-0.1, -0.05) is 12.1 Å². The largest absolute Gasteiger partial charge is 0.375 e. The van der Waals surface area contributed by atoms with E-state index in [4.69, 9.17) is 4.74 Å². The number of nitrogens with zero attached hydrogens (tertiary/aromatic N) is 1. The van der Waals surface area contributed by atoms with E-state index in [1.807, 2.05) is 6.92 Å². The van der Waals surface area contributed by atoms with Gasteiger partial charge in [-0.15, -0.1) is 0 Å². The van der Waals surface area contributed by atoms with Crippen LogP contribution in [0.15, 0.2) is 29.2 Å². The van der Waals surface area contributed by atoms with Crippen molar-refractivity contribution in [3.63, 3.8) is 0 Å². The molecule has 0 radical (unpaired) electrons. The fourth-order valence-electron chi connectivity index (χ4n) is 2.32. The van der Waals surface area contributed by atoms with Crippen LogP contribution in [0, 0.1) is 0 Å². The Labute approximate surface area is 125 Å². The minimum absolute atomic E-state index is 0.0310. The molecule has 1 aliphatic rings. The van der Waals surface area contributed by atoms with E-state index >= 15 is 0 Å². The predicted molar refractivity (Wildman–Crippen MR) is 80.1 cm³/mol. The van der Waals surface area contributed by atoms with Crippen molar-refractivity contribution in [3.05, 3.63) is 29.8 Å². The van der Waals surface area contributed by atoms with Gasteiger partial charge < -0.3 is 9.64 Å². The smallest absolute Gasteiger partial charge is 0.255 e. The van der Waals surface area contributed by atoms with Crippen LogP contribution in [0.3, 0.4) is 0 Å². The van der Waals surface area contributed by atoms with Crippen molar-refractivity contribution in [2.45, 2.75) is 37.0 Å². The van der Waals surface area contributed by atoms with Gasteiger partial charge in [0, 0.05) is 13.1 Å². The van der Waals surface area contributed by atoms with Gasteiger partial charge in [-0.2, -0.15) is 0 Å². The standard InChI is InChI=1S/C15H21NO4S/c1-11(2)21(18,19)14-7-5-4-6-13(14)15(17)16-8-9-20-12(3)10-16/h4-7,11-12H,8-10H2,1-3H3/t12-/m0/s1. The number of benzene rings is 1. The Balaban J connectivity index is 2.39. The summed E-state index contributed by atoms with van der Waals surface area (Å²) in [7, 11) is -3.48. The minimum Gasteiger partial charge on any atom is -0.375 e. The van der Waals surface area contributed by atoms with E-state index in [1.54, 1.807) is 36.9 Å². The molecule has 0 spiro atoms. The first-order valence-corrected chi connectivity index (χ1v) is 8.62. The van der Waals surface area contributed by atoms with Crippen molar-refractivity contribution < 1.29 is 17.9 Å². The minimum atomic E-state index is -3.48. The molecule has 2 rings (SSSR count). The van der Waals surface area contributed by atoms with Crippen LogP contribution in [-0.4, -0.2) is 50.3 Å². The Morgan fingerprint density at radius 3 is 2.62 bits per heavy atom. The number of amides is 1. The number of morpholine rings is 1. The van der Waals surface area contributed by atoms with Gasteiger partial charge in [0.1, 0.15) is 0 Å². The maximum absolute atomic E-state index is 12.6. The van der Waals surface area contributed by atoms with Crippen LogP contribution in [0.25, 0.3) is 0 Å². The first-order chi connectivity index (χ1) is 9.84. The van der Waals surface area contributed by atoms with Gasteiger partial charge in [0.15, 0.2) is 9.84 Å². The highest BCUT2D eigenvalue weighted by molar-refractivity contribution is 7.92. The predicted octanol–water partition coefficient (Wildman–Crippen LogP) is 1.73. The second kappa shape index (κ2) is 6.15. The van der Waals surface area contributed by atoms with Crippen LogP contribution in [0.1, 0.15) is 31.1 Å². The van der Waals surface area contributed by atoms with E-state index < -0.39 is 15.1 Å². The summed E-state index contributed by atoms with van der Waals surface area (Å²) in [6.07, 6.45) is -0.0310. The third-order valence-electron chi connectivity index (χ3n) is 3.57. The zero-order valence-corrected chi connectivity index (χ0v) is 13.4. The molecular weight excluding hydrogens is 290 g/mol. The van der Waals surface area contributed by atoms with Gasteiger partial charge in [0.2, 0.25) is 0 Å². The number of ether oxygens (including phenoxy) is 1. The molecule has 6 heteroatoms. The van der Waals surface area contributed by atoms with Crippen LogP contribution in [0.5, 0.6) is 0 Å². The third-order valence-corrected chi connectivity index (χ3v) is 5.78. The molecule has 21 heavy (non-hydrogen) atoms. The molecule has 116 valence electrons. The normalized spacial score (nSPS) is 19.8. The molecule has 0 saturated carbocycles. The lowest BCUT2D eigenvalue weighted by molar-refractivity contribution is -0.0125. The summed E-state index contributed by atoms with van der Waals surface area (Å²) in [6.45, 7) is 6.58. The number of rotatable bonds is 3. The number of sulfone groups is 1. The molecule has 0 unspecified atom stereocenters. The second-order valence-corrected chi connectivity index (χ2v) is 8.00. The summed E-state index contributed by atoms with van der Waals surface area (Å²) in [5.74, 6) is -0.245. The van der Waals surface area contributed by atoms with Crippen LogP contribution in [-0.2, 0) is 14.6 Å². The lowest BCUT2D eigenvalue weighted by Crippen LogP contribution is -2.44. The molecule has 1 aromatic carbocycles. The Morgan fingerprint density at radius 2 is 2.00 bits per heavy atom. The monoisotopic (exact) mass is 311 g/mol. The number of carbonyl (C=O) groups excluding carboxylic acids is 1. The lowest BCUT2D eigenvalue weighted by Gasteiger charge is -2.31. The fraction of sp³-hybridized carbons (Fsp3) is 0.533. The van der Waals surface area contributed by atoms with Crippen molar-refractivity contribution in [1.29, 1.82) is 0 Å². The second-order valence-electron chi connectivity index (χ2n) is 5.52. The number of hydrogen-bond acceptors (Lipinski definition) is 4. The molecule has 5 nitrogen and oxygen atoms in total. The topological polar surface area (TPSA) is 63.7 Å². The molecule has 0 N–H and O–H groups in total. The van der Waals surface area contributed by atoms with E-state index in [0.717, 1.165) is 0 Å². The van der Waals surface area contributed by atoms with Crippen LogP contribution >= 0.6 is 0 Å². The van der Waals surface area contributed by atoms with E-state index in [1.165, 1.54) is 6.07 Å². The summed E-state index contributed by atoms with van der Waals surface area (Å²) in [5, 5.41) is -0.560. The highest BCUT2D eigenvalue weighted by atomic mass is 32.2. The average Bonchev–Trinajstić information content (AvgIpc) is 2.46. The first-order valence-electron chi connectivity index (χ1n) is 7.08. The molecule has 1 fully saturated rings. The van der Waals surface area contributed by atoms with Gasteiger partial charge in [0.25, 0.3) is 5.91 Å². The lowest BCUT2D eigenvalue weighted by atomic mass is 10.1. The van der Waals surface area contributed by atoms with Crippen LogP contribution in [0.4, 0.5) is 0 Å². The molecule has 1 saturated heterocycles. The molecule has 1 atom stereocenters. The van der Waals surface area contributed by atoms with Gasteiger partial charge in [-0.05, 0) is 32.9 Å². The van der Waals surface area contributed by atoms with Gasteiger partial charge in [0.05, 0.1) is 28.4 Å². The van der Waals surface area contributed by atoms with E-state index in [0.29, 0.717) is 19.7 Å². The maximum Gasteiger partial charge on any atom is 0.255 e. The first kappa shape index (κ1) is 16.0. The Bertz CT molecular complexity index is 624. The summed E-state index contributed by atoms with van der Waals surface area (Å²) in [6, 6.07) is 6.43. The van der Waals surface area contributed by atoms with Crippen molar-refractivity contribution in [2.24, 2.45) is 0 Å². The zero-order valence-electron chi connectivity index (χ0n) is 12.6. The van der Waals surface area contributed by atoms with Gasteiger partial charge in [-0.25, -0.2) is 8.42 Å². The molecule has 1 amide bonds. The number of hydrogen-bond donors (Lipinski definition) is 0. The maximum atomic E-state index is 12.6. The Morgan fingerprint density at radius 1 is 1.33 bits per heavy atom. The molecule has 0 aliphatic carbocycles. The van der Waals surface area contributed by atoms with Crippen molar-refractivity contribution in [3.8, 4) is 0 Å². The zero-order chi connectivity index (χ0) is 15.6. The summed E-state index contributed by atoms with van der Waals surface area (Å²) < 4.78 is 30.2. The van der Waals surface area contributed by atoms with Gasteiger partial charge >= 0.3 is 0 Å². The summed E-state index contributed by atoms with van der Waals surface area (Å²) in [4.78, 5) is 14.4. The quantitative estimate of drug-likeness (QED) is 0.853. The SMILES string of the molecule is CC(C)S(=O)(=O)c1ccccc1C(=O)N1CCO[C@@H](C)C1. The van der Waals surface area contributed by atoms with Gasteiger partial charge in [-0.3, -0.25) is 4.79 Å².